The highest BCUT2D eigenvalue weighted by atomic mass is 16.2. The second-order valence-electron chi connectivity index (χ2n) is 6.89. The Kier molecular flexibility index (Phi) is 5.32. The number of aryl methyl sites for hydroxylation is 1. The lowest BCUT2D eigenvalue weighted by molar-refractivity contribution is -0.142. The minimum Gasteiger partial charge on any atom is -0.337 e. The van der Waals surface area contributed by atoms with E-state index in [0.717, 1.165) is 30.9 Å². The SMILES string of the molecule is Cc1cnnn1-c1ccc(NC(=O)C(=O)N(C)CC2CCN(C)C2)cc1. The van der Waals surface area contributed by atoms with E-state index < -0.39 is 11.8 Å². The number of benzene rings is 1. The van der Waals surface area contributed by atoms with Crippen LogP contribution < -0.4 is 5.32 Å². The van der Waals surface area contributed by atoms with E-state index in [1.165, 1.54) is 4.90 Å². The summed E-state index contributed by atoms with van der Waals surface area (Å²) in [4.78, 5) is 28.3. The summed E-state index contributed by atoms with van der Waals surface area (Å²) in [6, 6.07) is 7.13. The van der Waals surface area contributed by atoms with Gasteiger partial charge in [0, 0.05) is 25.8 Å². The molecule has 1 N–H and O–H groups in total. The second kappa shape index (κ2) is 7.65. The van der Waals surface area contributed by atoms with Crippen molar-refractivity contribution in [1.82, 2.24) is 24.8 Å². The minimum atomic E-state index is -0.622. The molecule has 0 bridgehead atoms. The number of hydrogen-bond donors (Lipinski definition) is 1. The van der Waals surface area contributed by atoms with Crippen LogP contribution in [0, 0.1) is 12.8 Å². The first-order valence-electron chi connectivity index (χ1n) is 8.67. The fourth-order valence-corrected chi connectivity index (χ4v) is 3.23. The first-order chi connectivity index (χ1) is 12.4. The van der Waals surface area contributed by atoms with Crippen LogP contribution in [0.2, 0.25) is 0 Å². The van der Waals surface area contributed by atoms with Gasteiger partial charge in [-0.25, -0.2) is 4.68 Å². The Morgan fingerprint density at radius 3 is 2.62 bits per heavy atom. The molecule has 1 aromatic heterocycles. The standard InChI is InChI=1S/C18H24N6O2/c1-13-10-19-21-24(13)16-6-4-15(5-7-16)20-17(25)18(26)23(3)12-14-8-9-22(2)11-14/h4-7,10,14H,8-9,11-12H2,1-3H3,(H,20,25). The van der Waals surface area contributed by atoms with Crippen LogP contribution in [0.4, 0.5) is 5.69 Å². The summed E-state index contributed by atoms with van der Waals surface area (Å²) in [5, 5.41) is 10.5. The fourth-order valence-electron chi connectivity index (χ4n) is 3.23. The first kappa shape index (κ1) is 18.1. The summed E-state index contributed by atoms with van der Waals surface area (Å²) in [5.74, 6) is -0.716. The van der Waals surface area contributed by atoms with Crippen LogP contribution in [0.1, 0.15) is 12.1 Å². The zero-order valence-corrected chi connectivity index (χ0v) is 15.3. The number of carbonyl (C=O) groups excluding carboxylic acids is 2. The van der Waals surface area contributed by atoms with Gasteiger partial charge in [-0.1, -0.05) is 5.21 Å². The molecule has 0 radical (unpaired) electrons. The van der Waals surface area contributed by atoms with E-state index in [4.69, 9.17) is 0 Å². The average Bonchev–Trinajstić information content (AvgIpc) is 3.23. The molecule has 1 fully saturated rings. The molecule has 2 heterocycles. The molecule has 3 rings (SSSR count). The van der Waals surface area contributed by atoms with Gasteiger partial charge in [0.25, 0.3) is 0 Å². The Morgan fingerprint density at radius 2 is 2.04 bits per heavy atom. The molecular weight excluding hydrogens is 332 g/mol. The molecule has 26 heavy (non-hydrogen) atoms. The van der Waals surface area contributed by atoms with Gasteiger partial charge in [-0.05, 0) is 57.1 Å². The Hall–Kier alpha value is -2.74. The molecule has 1 aromatic carbocycles. The molecular formula is C18H24N6O2. The lowest BCUT2D eigenvalue weighted by Gasteiger charge is -2.20. The molecule has 1 aliphatic heterocycles. The number of likely N-dealkylation sites (tertiary alicyclic amines) is 1. The topological polar surface area (TPSA) is 83.4 Å². The molecule has 0 spiro atoms. The van der Waals surface area contributed by atoms with E-state index in [1.54, 1.807) is 30.1 Å². The lowest BCUT2D eigenvalue weighted by Crippen LogP contribution is -2.40. The van der Waals surface area contributed by atoms with Gasteiger partial charge in [-0.15, -0.1) is 5.10 Å². The molecule has 138 valence electrons. The largest absolute Gasteiger partial charge is 0.337 e. The molecule has 1 saturated heterocycles. The quantitative estimate of drug-likeness (QED) is 0.824. The average molecular weight is 356 g/mol. The molecule has 0 saturated carbocycles. The van der Waals surface area contributed by atoms with Gasteiger partial charge in [0.2, 0.25) is 0 Å². The predicted octanol–water partition coefficient (Wildman–Crippen LogP) is 0.924. The highest BCUT2D eigenvalue weighted by Gasteiger charge is 2.25. The zero-order chi connectivity index (χ0) is 18.7. The Morgan fingerprint density at radius 1 is 1.31 bits per heavy atom. The zero-order valence-electron chi connectivity index (χ0n) is 15.3. The van der Waals surface area contributed by atoms with Gasteiger partial charge in [-0.3, -0.25) is 9.59 Å². The lowest BCUT2D eigenvalue weighted by atomic mass is 10.1. The summed E-state index contributed by atoms with van der Waals surface area (Å²) < 4.78 is 1.70. The van der Waals surface area contributed by atoms with Crippen LogP contribution in [0.3, 0.4) is 0 Å². The second-order valence-corrected chi connectivity index (χ2v) is 6.89. The van der Waals surface area contributed by atoms with Crippen LogP contribution in [-0.2, 0) is 9.59 Å². The van der Waals surface area contributed by atoms with E-state index in [2.05, 4.69) is 27.6 Å². The van der Waals surface area contributed by atoms with Crippen molar-refractivity contribution in [2.24, 2.45) is 5.92 Å². The molecule has 8 nitrogen and oxygen atoms in total. The number of rotatable bonds is 4. The molecule has 0 aliphatic carbocycles. The Balaban J connectivity index is 1.57. The van der Waals surface area contributed by atoms with Gasteiger partial charge in [0.1, 0.15) is 0 Å². The molecule has 1 unspecified atom stereocenters. The summed E-state index contributed by atoms with van der Waals surface area (Å²) in [6.07, 6.45) is 2.73. The van der Waals surface area contributed by atoms with E-state index in [-0.39, 0.29) is 0 Å². The van der Waals surface area contributed by atoms with Gasteiger partial charge in [-0.2, -0.15) is 0 Å². The van der Waals surface area contributed by atoms with Crippen molar-refractivity contribution < 1.29 is 9.59 Å². The fraction of sp³-hybridized carbons (Fsp3) is 0.444. The third kappa shape index (κ3) is 4.08. The third-order valence-electron chi connectivity index (χ3n) is 4.65. The number of hydrogen-bond acceptors (Lipinski definition) is 5. The highest BCUT2D eigenvalue weighted by Crippen LogP contribution is 2.16. The van der Waals surface area contributed by atoms with Gasteiger partial charge in [0.15, 0.2) is 0 Å². The van der Waals surface area contributed by atoms with Crippen LogP contribution in [0.15, 0.2) is 30.5 Å². The smallest absolute Gasteiger partial charge is 0.313 e. The maximum absolute atomic E-state index is 12.3. The third-order valence-corrected chi connectivity index (χ3v) is 4.65. The number of carbonyl (C=O) groups is 2. The number of nitrogens with zero attached hydrogens (tertiary/aromatic N) is 5. The van der Waals surface area contributed by atoms with Crippen molar-refractivity contribution in [3.05, 3.63) is 36.2 Å². The summed E-state index contributed by atoms with van der Waals surface area (Å²) >= 11 is 0. The molecule has 1 atom stereocenters. The van der Waals surface area contributed by atoms with Gasteiger partial charge >= 0.3 is 11.8 Å². The van der Waals surface area contributed by atoms with Gasteiger partial charge < -0.3 is 15.1 Å². The van der Waals surface area contributed by atoms with Crippen molar-refractivity contribution >= 4 is 17.5 Å². The Labute approximate surface area is 152 Å². The normalized spacial score (nSPS) is 17.3. The minimum absolute atomic E-state index is 0.423. The van der Waals surface area contributed by atoms with Crippen LogP contribution >= 0.6 is 0 Å². The maximum atomic E-state index is 12.3. The predicted molar refractivity (Wildman–Crippen MR) is 98.0 cm³/mol. The number of likely N-dealkylation sites (N-methyl/N-ethyl adjacent to an activating group) is 1. The van der Waals surface area contributed by atoms with Crippen LogP contribution in [-0.4, -0.2) is 70.3 Å². The van der Waals surface area contributed by atoms with Crippen molar-refractivity contribution in [3.8, 4) is 5.69 Å². The van der Waals surface area contributed by atoms with Crippen molar-refractivity contribution in [2.45, 2.75) is 13.3 Å². The number of nitrogens with one attached hydrogen (secondary N) is 1. The van der Waals surface area contributed by atoms with E-state index in [1.807, 2.05) is 19.1 Å². The number of aromatic nitrogens is 3. The summed E-state index contributed by atoms with van der Waals surface area (Å²) in [6.45, 7) is 4.51. The van der Waals surface area contributed by atoms with E-state index in [9.17, 15) is 9.59 Å². The number of anilines is 1. The highest BCUT2D eigenvalue weighted by molar-refractivity contribution is 6.39. The summed E-state index contributed by atoms with van der Waals surface area (Å²) in [5.41, 5.74) is 2.32. The monoisotopic (exact) mass is 356 g/mol. The summed E-state index contributed by atoms with van der Waals surface area (Å²) in [7, 11) is 3.75. The van der Waals surface area contributed by atoms with Crippen molar-refractivity contribution in [1.29, 1.82) is 0 Å². The Bertz CT molecular complexity index is 785. The molecule has 1 aliphatic rings. The van der Waals surface area contributed by atoms with Crippen LogP contribution in [0.5, 0.6) is 0 Å². The van der Waals surface area contributed by atoms with Crippen molar-refractivity contribution in [2.75, 3.05) is 39.0 Å². The number of amides is 2. The molecule has 2 amide bonds. The van der Waals surface area contributed by atoms with E-state index in [0.29, 0.717) is 18.2 Å². The first-order valence-corrected chi connectivity index (χ1v) is 8.67. The van der Waals surface area contributed by atoms with Gasteiger partial charge in [0.05, 0.1) is 17.6 Å². The van der Waals surface area contributed by atoms with Crippen LogP contribution in [0.25, 0.3) is 5.69 Å². The molecule has 8 heteroatoms. The molecule has 2 aromatic rings. The van der Waals surface area contributed by atoms with Crippen molar-refractivity contribution in [3.63, 3.8) is 0 Å². The van der Waals surface area contributed by atoms with E-state index >= 15 is 0 Å². The maximum Gasteiger partial charge on any atom is 0.313 e.